The van der Waals surface area contributed by atoms with E-state index in [0.717, 1.165) is 32.1 Å². The van der Waals surface area contributed by atoms with E-state index in [1.54, 1.807) is 36.0 Å². The van der Waals surface area contributed by atoms with E-state index in [1.165, 1.54) is 6.42 Å². The zero-order valence-electron chi connectivity index (χ0n) is 17.4. The molecule has 2 unspecified atom stereocenters. The molecule has 0 aliphatic heterocycles. The number of aryl methyl sites for hydroxylation is 1. The third kappa shape index (κ3) is 3.09. The fraction of sp³-hybridized carbons (Fsp3) is 0.591. The number of aromatic nitrogens is 4. The Hall–Kier alpha value is -2.77. The second-order valence-corrected chi connectivity index (χ2v) is 9.34. The van der Waals surface area contributed by atoms with Crippen molar-refractivity contribution in [2.75, 3.05) is 11.9 Å². The first-order chi connectivity index (χ1) is 14.4. The van der Waals surface area contributed by atoms with Gasteiger partial charge in [-0.15, -0.1) is 10.2 Å². The quantitative estimate of drug-likeness (QED) is 0.762. The first-order valence-electron chi connectivity index (χ1n) is 10.8. The van der Waals surface area contributed by atoms with Crippen molar-refractivity contribution in [3.05, 3.63) is 35.7 Å². The number of carbonyl (C=O) groups is 2. The molecular weight excluding hydrogens is 382 g/mol. The SMILES string of the molecule is CCOC(=O)c1ccc(NC(=O)C23CC4CC(C2)CC(n2nnc(C)n2)(C4)C3)cc1. The molecule has 4 aliphatic carbocycles. The zero-order valence-corrected chi connectivity index (χ0v) is 17.4. The van der Waals surface area contributed by atoms with Gasteiger partial charge in [0.15, 0.2) is 5.82 Å². The fourth-order valence-electron chi connectivity index (χ4n) is 6.37. The van der Waals surface area contributed by atoms with Crippen LogP contribution in [0, 0.1) is 24.2 Å². The van der Waals surface area contributed by atoms with Crippen molar-refractivity contribution in [2.24, 2.45) is 17.3 Å². The van der Waals surface area contributed by atoms with Crippen molar-refractivity contribution in [2.45, 2.75) is 57.9 Å². The standard InChI is InChI=1S/C22H27N5O3/c1-3-30-19(28)17-4-6-18(7-5-17)23-20(29)21-9-15-8-16(10-21)12-22(11-15,13-21)27-25-14(2)24-26-27/h4-7,15-16H,3,8-13H2,1-2H3,(H,23,29). The summed E-state index contributed by atoms with van der Waals surface area (Å²) >= 11 is 0. The van der Waals surface area contributed by atoms with Gasteiger partial charge in [0.1, 0.15) is 0 Å². The Bertz CT molecular complexity index is 969. The number of anilines is 1. The second kappa shape index (κ2) is 6.89. The van der Waals surface area contributed by atoms with E-state index in [-0.39, 0.29) is 17.4 Å². The van der Waals surface area contributed by atoms with Gasteiger partial charge >= 0.3 is 5.97 Å². The maximum atomic E-state index is 13.5. The number of ether oxygens (including phenoxy) is 1. The van der Waals surface area contributed by atoms with Crippen molar-refractivity contribution in [3.63, 3.8) is 0 Å². The van der Waals surface area contributed by atoms with Crippen LogP contribution in [0.15, 0.2) is 24.3 Å². The number of carbonyl (C=O) groups excluding carboxylic acids is 2. The van der Waals surface area contributed by atoms with Gasteiger partial charge in [0.05, 0.1) is 23.1 Å². The summed E-state index contributed by atoms with van der Waals surface area (Å²) in [6, 6.07) is 6.92. The van der Waals surface area contributed by atoms with Crippen LogP contribution in [0.2, 0.25) is 0 Å². The predicted molar refractivity (Wildman–Crippen MR) is 109 cm³/mol. The fourth-order valence-corrected chi connectivity index (χ4v) is 6.37. The number of rotatable bonds is 5. The molecule has 30 heavy (non-hydrogen) atoms. The summed E-state index contributed by atoms with van der Waals surface area (Å²) < 4.78 is 5.02. The molecule has 1 N–H and O–H groups in total. The Morgan fingerprint density at radius 3 is 2.47 bits per heavy atom. The highest BCUT2D eigenvalue weighted by atomic mass is 16.5. The van der Waals surface area contributed by atoms with E-state index < -0.39 is 5.41 Å². The van der Waals surface area contributed by atoms with Crippen molar-refractivity contribution < 1.29 is 14.3 Å². The zero-order chi connectivity index (χ0) is 20.9. The molecular formula is C22H27N5O3. The molecule has 4 fully saturated rings. The van der Waals surface area contributed by atoms with Crippen LogP contribution in [0.3, 0.4) is 0 Å². The smallest absolute Gasteiger partial charge is 0.338 e. The predicted octanol–water partition coefficient (Wildman–Crippen LogP) is 3.09. The Morgan fingerprint density at radius 2 is 1.87 bits per heavy atom. The van der Waals surface area contributed by atoms with E-state index in [2.05, 4.69) is 20.7 Å². The van der Waals surface area contributed by atoms with Crippen LogP contribution in [-0.4, -0.2) is 38.7 Å². The van der Waals surface area contributed by atoms with E-state index >= 15 is 0 Å². The van der Waals surface area contributed by atoms with E-state index in [0.29, 0.717) is 35.5 Å². The third-order valence-electron chi connectivity index (χ3n) is 7.10. The summed E-state index contributed by atoms with van der Waals surface area (Å²) in [4.78, 5) is 27.1. The summed E-state index contributed by atoms with van der Waals surface area (Å²) in [7, 11) is 0. The van der Waals surface area contributed by atoms with Crippen LogP contribution in [0.25, 0.3) is 0 Å². The van der Waals surface area contributed by atoms with E-state index in [1.807, 2.05) is 6.92 Å². The van der Waals surface area contributed by atoms with E-state index in [4.69, 9.17) is 4.74 Å². The van der Waals surface area contributed by atoms with Gasteiger partial charge in [-0.05, 0) is 93.7 Å². The minimum absolute atomic E-state index is 0.0710. The molecule has 1 aromatic carbocycles. The number of nitrogens with zero attached hydrogens (tertiary/aromatic N) is 4. The van der Waals surface area contributed by atoms with Crippen LogP contribution < -0.4 is 5.32 Å². The van der Waals surface area contributed by atoms with E-state index in [9.17, 15) is 9.59 Å². The van der Waals surface area contributed by atoms with Crippen LogP contribution in [-0.2, 0) is 15.1 Å². The average Bonchev–Trinajstić information content (AvgIpc) is 3.15. The van der Waals surface area contributed by atoms with Gasteiger partial charge in [-0.2, -0.15) is 4.80 Å². The number of hydrogen-bond acceptors (Lipinski definition) is 6. The molecule has 6 rings (SSSR count). The first-order valence-corrected chi connectivity index (χ1v) is 10.8. The second-order valence-electron chi connectivity index (χ2n) is 9.34. The summed E-state index contributed by atoms with van der Waals surface area (Å²) in [6.45, 7) is 3.97. The summed E-state index contributed by atoms with van der Waals surface area (Å²) in [5.41, 5.74) is 0.589. The summed E-state index contributed by atoms with van der Waals surface area (Å²) in [6.07, 6.45) is 5.86. The highest BCUT2D eigenvalue weighted by Crippen LogP contribution is 2.64. The van der Waals surface area contributed by atoms with Gasteiger partial charge in [-0.1, -0.05) is 0 Å². The lowest BCUT2D eigenvalue weighted by Gasteiger charge is -2.60. The minimum Gasteiger partial charge on any atom is -0.462 e. The Kier molecular flexibility index (Phi) is 4.41. The number of nitrogens with one attached hydrogen (secondary N) is 1. The van der Waals surface area contributed by atoms with Crippen LogP contribution >= 0.6 is 0 Å². The number of tetrazole rings is 1. The van der Waals surface area contributed by atoms with Gasteiger partial charge in [-0.3, -0.25) is 4.79 Å². The van der Waals surface area contributed by atoms with Crippen molar-refractivity contribution in [1.82, 2.24) is 20.2 Å². The molecule has 1 amide bonds. The molecule has 0 spiro atoms. The highest BCUT2D eigenvalue weighted by molar-refractivity contribution is 5.96. The third-order valence-corrected chi connectivity index (χ3v) is 7.10. The molecule has 0 radical (unpaired) electrons. The lowest BCUT2D eigenvalue weighted by Crippen LogP contribution is -2.60. The molecule has 158 valence electrons. The Morgan fingerprint density at radius 1 is 1.17 bits per heavy atom. The van der Waals surface area contributed by atoms with Gasteiger partial charge in [0.2, 0.25) is 5.91 Å². The molecule has 2 atom stereocenters. The minimum atomic E-state index is -0.397. The van der Waals surface area contributed by atoms with Gasteiger partial charge in [0, 0.05) is 5.69 Å². The molecule has 8 nitrogen and oxygen atoms in total. The van der Waals surface area contributed by atoms with Gasteiger partial charge in [0.25, 0.3) is 0 Å². The first kappa shape index (κ1) is 19.2. The highest BCUT2D eigenvalue weighted by Gasteiger charge is 2.62. The summed E-state index contributed by atoms with van der Waals surface area (Å²) in [5.74, 6) is 1.44. The largest absolute Gasteiger partial charge is 0.462 e. The van der Waals surface area contributed by atoms with Crippen molar-refractivity contribution in [1.29, 1.82) is 0 Å². The maximum absolute atomic E-state index is 13.5. The maximum Gasteiger partial charge on any atom is 0.338 e. The monoisotopic (exact) mass is 409 g/mol. The number of benzene rings is 1. The molecule has 0 saturated heterocycles. The Balaban J connectivity index is 1.37. The number of esters is 1. The molecule has 4 aliphatic rings. The lowest BCUT2D eigenvalue weighted by molar-refractivity contribution is -0.152. The molecule has 1 heterocycles. The van der Waals surface area contributed by atoms with Gasteiger partial charge < -0.3 is 10.1 Å². The molecule has 1 aromatic heterocycles. The van der Waals surface area contributed by atoms with Crippen LogP contribution in [0.1, 0.15) is 61.6 Å². The molecule has 2 aromatic rings. The lowest BCUT2D eigenvalue weighted by atomic mass is 9.46. The van der Waals surface area contributed by atoms with Crippen LogP contribution in [0.4, 0.5) is 5.69 Å². The van der Waals surface area contributed by atoms with Crippen molar-refractivity contribution in [3.8, 4) is 0 Å². The molecule has 8 heteroatoms. The molecule has 4 saturated carbocycles. The summed E-state index contributed by atoms with van der Waals surface area (Å²) in [5, 5.41) is 16.1. The number of hydrogen-bond donors (Lipinski definition) is 1. The van der Waals surface area contributed by atoms with Crippen LogP contribution in [0.5, 0.6) is 0 Å². The molecule has 4 bridgehead atoms. The topological polar surface area (TPSA) is 99.0 Å². The average molecular weight is 409 g/mol. The van der Waals surface area contributed by atoms with Gasteiger partial charge in [-0.25, -0.2) is 4.79 Å². The van der Waals surface area contributed by atoms with Crippen molar-refractivity contribution >= 4 is 17.6 Å². The normalized spacial score (nSPS) is 31.5. The number of amides is 1. The Labute approximate surface area is 175 Å².